The first-order chi connectivity index (χ1) is 18.9. The molecule has 4 rings (SSSR count). The Bertz CT molecular complexity index is 1240. The predicted molar refractivity (Wildman–Crippen MR) is 155 cm³/mol. The minimum absolute atomic E-state index is 0.111. The van der Waals surface area contributed by atoms with Crippen molar-refractivity contribution < 1.29 is 18.4 Å². The highest BCUT2D eigenvalue weighted by Crippen LogP contribution is 2.50. The molecule has 1 N–H and O–H groups in total. The van der Waals surface area contributed by atoms with Crippen LogP contribution in [0.2, 0.25) is 0 Å². The first-order valence-electron chi connectivity index (χ1n) is 14.6. The van der Waals surface area contributed by atoms with Gasteiger partial charge in [-0.05, 0) is 86.1 Å². The van der Waals surface area contributed by atoms with Gasteiger partial charge in [-0.2, -0.15) is 0 Å². The normalized spacial score (nSPS) is 22.1. The highest BCUT2D eigenvalue weighted by molar-refractivity contribution is 6.46. The number of nitrogens with one attached hydrogen (secondary N) is 1. The zero-order valence-electron chi connectivity index (χ0n) is 24.7. The predicted octanol–water partition coefficient (Wildman–Crippen LogP) is 7.46. The lowest BCUT2D eigenvalue weighted by atomic mass is 9.67. The number of hydrogen-bond donors (Lipinski definition) is 1. The van der Waals surface area contributed by atoms with E-state index in [2.05, 4.69) is 39.9 Å². The summed E-state index contributed by atoms with van der Waals surface area (Å²) in [6.45, 7) is 13.6. The maximum Gasteiger partial charge on any atom is 0.275 e. The lowest BCUT2D eigenvalue weighted by Crippen LogP contribution is -2.51. The molecule has 1 atom stereocenters. The van der Waals surface area contributed by atoms with Crippen molar-refractivity contribution in [3.8, 4) is 0 Å². The van der Waals surface area contributed by atoms with Crippen molar-refractivity contribution in [2.75, 3.05) is 6.54 Å². The number of hydrogen-bond acceptors (Lipinski definition) is 3. The van der Waals surface area contributed by atoms with E-state index in [0.29, 0.717) is 36.8 Å². The lowest BCUT2D eigenvalue weighted by Gasteiger charge is -2.47. The third-order valence-corrected chi connectivity index (χ3v) is 9.18. The molecule has 40 heavy (non-hydrogen) atoms. The molecule has 2 aliphatic rings. The van der Waals surface area contributed by atoms with Gasteiger partial charge in [0.1, 0.15) is 23.0 Å². The maximum absolute atomic E-state index is 14.2. The maximum atomic E-state index is 14.2. The molecule has 5 nitrogen and oxygen atoms in total. The molecule has 0 saturated heterocycles. The van der Waals surface area contributed by atoms with Gasteiger partial charge in [0.2, 0.25) is 0 Å². The van der Waals surface area contributed by atoms with Gasteiger partial charge in [0.25, 0.3) is 11.8 Å². The average molecular weight is 552 g/mol. The summed E-state index contributed by atoms with van der Waals surface area (Å²) in [5.74, 6) is -0.892. The van der Waals surface area contributed by atoms with Crippen molar-refractivity contribution in [1.29, 1.82) is 0 Å². The SMILES string of the molecule is CCC(C)(C)C1CCC2(CC1)N=C(c1cc(F)cc(F)c1)C(=O)N2C(C)c1ccc(C(=O)NCCC(C)C)cc1. The fourth-order valence-corrected chi connectivity index (χ4v) is 6.17. The van der Waals surface area contributed by atoms with Gasteiger partial charge in [0.05, 0.1) is 6.04 Å². The molecule has 1 fully saturated rings. The van der Waals surface area contributed by atoms with E-state index in [1.54, 1.807) is 12.1 Å². The zero-order chi connectivity index (χ0) is 29.2. The minimum atomic E-state index is -0.776. The first-order valence-corrected chi connectivity index (χ1v) is 14.6. The number of rotatable bonds is 9. The van der Waals surface area contributed by atoms with Crippen LogP contribution in [-0.2, 0) is 4.79 Å². The Morgan fingerprint density at radius 2 is 1.68 bits per heavy atom. The Kier molecular flexibility index (Phi) is 8.81. The van der Waals surface area contributed by atoms with E-state index in [1.165, 1.54) is 12.1 Å². The second kappa shape index (κ2) is 11.8. The minimum Gasteiger partial charge on any atom is -0.352 e. The largest absolute Gasteiger partial charge is 0.352 e. The fraction of sp³-hybridized carbons (Fsp3) is 0.545. The molecule has 1 heterocycles. The standard InChI is InChI=1S/C33H43F2N3O2/c1-7-32(5,6)26-12-15-33(16-13-26)37-29(25-18-27(34)20-28(35)19-25)31(40)38(33)22(4)23-8-10-24(11-9-23)30(39)36-17-14-21(2)3/h8-11,18-22,26H,7,12-17H2,1-6H3,(H,36,39). The van der Waals surface area contributed by atoms with Crippen molar-refractivity contribution in [1.82, 2.24) is 10.2 Å². The molecule has 2 aromatic carbocycles. The molecule has 2 amide bonds. The van der Waals surface area contributed by atoms with Crippen LogP contribution in [0.1, 0.15) is 108 Å². The summed E-state index contributed by atoms with van der Waals surface area (Å²) in [4.78, 5) is 33.4. The van der Waals surface area contributed by atoms with E-state index < -0.39 is 17.3 Å². The number of halogens is 2. The number of nitrogens with zero attached hydrogens (tertiary/aromatic N) is 2. The van der Waals surface area contributed by atoms with Crippen molar-refractivity contribution in [3.05, 3.63) is 70.8 Å². The highest BCUT2D eigenvalue weighted by atomic mass is 19.1. The van der Waals surface area contributed by atoms with Crippen LogP contribution in [0, 0.1) is 28.9 Å². The summed E-state index contributed by atoms with van der Waals surface area (Å²) >= 11 is 0. The molecule has 0 radical (unpaired) electrons. The van der Waals surface area contributed by atoms with Crippen LogP contribution in [-0.4, -0.2) is 34.6 Å². The molecule has 1 aliphatic carbocycles. The zero-order valence-corrected chi connectivity index (χ0v) is 24.7. The summed E-state index contributed by atoms with van der Waals surface area (Å²) in [5, 5.41) is 2.96. The second-order valence-corrected chi connectivity index (χ2v) is 12.6. The van der Waals surface area contributed by atoms with Crippen LogP contribution in [0.25, 0.3) is 0 Å². The van der Waals surface area contributed by atoms with Gasteiger partial charge in [0.15, 0.2) is 0 Å². The molecule has 7 heteroatoms. The molecule has 1 saturated carbocycles. The molecular formula is C33H43F2N3O2. The molecule has 1 unspecified atom stereocenters. The van der Waals surface area contributed by atoms with Crippen LogP contribution in [0.3, 0.4) is 0 Å². The van der Waals surface area contributed by atoms with Crippen molar-refractivity contribution in [3.63, 3.8) is 0 Å². The molecule has 0 aromatic heterocycles. The molecule has 0 bridgehead atoms. The van der Waals surface area contributed by atoms with E-state index in [4.69, 9.17) is 4.99 Å². The number of carbonyl (C=O) groups excluding carboxylic acids is 2. The number of aliphatic imine (C=N–C) groups is 1. The number of carbonyl (C=O) groups is 2. The summed E-state index contributed by atoms with van der Waals surface area (Å²) < 4.78 is 28.3. The van der Waals surface area contributed by atoms with Crippen molar-refractivity contribution >= 4 is 17.5 Å². The van der Waals surface area contributed by atoms with Gasteiger partial charge in [-0.25, -0.2) is 8.78 Å². The van der Waals surface area contributed by atoms with Gasteiger partial charge in [-0.15, -0.1) is 0 Å². The first kappa shape index (κ1) is 29.9. The Hall–Kier alpha value is -3.09. The van der Waals surface area contributed by atoms with E-state index in [-0.39, 0.29) is 34.5 Å². The number of amides is 2. The van der Waals surface area contributed by atoms with Gasteiger partial charge in [-0.3, -0.25) is 14.6 Å². The Morgan fingerprint density at radius 1 is 1.07 bits per heavy atom. The molecular weight excluding hydrogens is 508 g/mol. The van der Waals surface area contributed by atoms with Gasteiger partial charge < -0.3 is 10.2 Å². The highest BCUT2D eigenvalue weighted by Gasteiger charge is 2.52. The molecule has 1 spiro atoms. The van der Waals surface area contributed by atoms with Crippen molar-refractivity contribution in [2.45, 2.75) is 91.8 Å². The third kappa shape index (κ3) is 6.13. The van der Waals surface area contributed by atoms with Crippen LogP contribution < -0.4 is 5.32 Å². The molecule has 216 valence electrons. The van der Waals surface area contributed by atoms with Gasteiger partial charge >= 0.3 is 0 Å². The molecule has 1 aliphatic heterocycles. The van der Waals surface area contributed by atoms with Crippen LogP contribution in [0.4, 0.5) is 8.78 Å². The topological polar surface area (TPSA) is 61.8 Å². The van der Waals surface area contributed by atoms with E-state index in [0.717, 1.165) is 37.3 Å². The van der Waals surface area contributed by atoms with Gasteiger partial charge in [0, 0.05) is 23.7 Å². The van der Waals surface area contributed by atoms with Crippen LogP contribution in [0.15, 0.2) is 47.5 Å². The Balaban J connectivity index is 1.63. The lowest BCUT2D eigenvalue weighted by molar-refractivity contribution is -0.133. The van der Waals surface area contributed by atoms with E-state index >= 15 is 0 Å². The third-order valence-electron chi connectivity index (χ3n) is 9.18. The summed E-state index contributed by atoms with van der Waals surface area (Å²) in [6.07, 6.45) is 5.19. The van der Waals surface area contributed by atoms with E-state index in [1.807, 2.05) is 24.0 Å². The fourth-order valence-electron chi connectivity index (χ4n) is 6.17. The van der Waals surface area contributed by atoms with Crippen LogP contribution >= 0.6 is 0 Å². The van der Waals surface area contributed by atoms with Crippen LogP contribution in [0.5, 0.6) is 0 Å². The summed E-state index contributed by atoms with van der Waals surface area (Å²) in [5.41, 5.74) is 1.13. The average Bonchev–Trinajstić information content (AvgIpc) is 3.19. The Labute approximate surface area is 237 Å². The van der Waals surface area contributed by atoms with E-state index in [9.17, 15) is 18.4 Å². The summed E-state index contributed by atoms with van der Waals surface area (Å²) in [7, 11) is 0. The Morgan fingerprint density at radius 3 is 2.23 bits per heavy atom. The van der Waals surface area contributed by atoms with Gasteiger partial charge in [-0.1, -0.05) is 53.2 Å². The van der Waals surface area contributed by atoms with Crippen molar-refractivity contribution in [2.24, 2.45) is 22.2 Å². The number of benzene rings is 2. The smallest absolute Gasteiger partial charge is 0.275 e. The second-order valence-electron chi connectivity index (χ2n) is 12.6. The molecule has 2 aromatic rings. The monoisotopic (exact) mass is 551 g/mol. The summed E-state index contributed by atoms with van der Waals surface area (Å²) in [6, 6.07) is 10.2. The quantitative estimate of drug-likeness (QED) is 0.352.